The third kappa shape index (κ3) is 4.06. The van der Waals surface area contributed by atoms with Gasteiger partial charge in [0.05, 0.1) is 0 Å². The molecule has 3 rings (SSSR count). The smallest absolute Gasteiger partial charge is 0.321 e. The van der Waals surface area contributed by atoms with Gasteiger partial charge in [-0.3, -0.25) is 4.79 Å². The second-order valence-electron chi connectivity index (χ2n) is 6.68. The van der Waals surface area contributed by atoms with Crippen molar-refractivity contribution in [2.24, 2.45) is 5.92 Å². The maximum Gasteiger partial charge on any atom is 0.434 e. The van der Waals surface area contributed by atoms with E-state index in [-0.39, 0.29) is 33.8 Å². The number of rotatable bonds is 4. The van der Waals surface area contributed by atoms with E-state index < -0.39 is 11.9 Å². The van der Waals surface area contributed by atoms with Crippen molar-refractivity contribution < 1.29 is 18.0 Å². The zero-order valence-electron chi connectivity index (χ0n) is 13.5. The molecule has 0 spiro atoms. The molecule has 0 saturated heterocycles. The van der Waals surface area contributed by atoms with Gasteiger partial charge in [-0.05, 0) is 31.6 Å². The van der Waals surface area contributed by atoms with Gasteiger partial charge in [0.25, 0.3) is 0 Å². The first-order valence-corrected chi connectivity index (χ1v) is 9.23. The van der Waals surface area contributed by atoms with E-state index in [9.17, 15) is 18.0 Å². The summed E-state index contributed by atoms with van der Waals surface area (Å²) >= 11 is 0.953. The fourth-order valence-corrected chi connectivity index (χ4v) is 4.64. The highest BCUT2D eigenvalue weighted by Crippen LogP contribution is 2.44. The molecule has 0 aromatic carbocycles. The highest BCUT2D eigenvalue weighted by molar-refractivity contribution is 7.16. The third-order valence-corrected chi connectivity index (χ3v) is 6.04. The highest BCUT2D eigenvalue weighted by Gasteiger charge is 2.40. The molecule has 5 nitrogen and oxygen atoms in total. The molecule has 1 aromatic heterocycles. The van der Waals surface area contributed by atoms with Gasteiger partial charge in [0.15, 0.2) is 17.0 Å². The van der Waals surface area contributed by atoms with Crippen molar-refractivity contribution in [3.63, 3.8) is 0 Å². The summed E-state index contributed by atoms with van der Waals surface area (Å²) in [5.74, 6) is -0.739. The van der Waals surface area contributed by atoms with Crippen molar-refractivity contribution >= 4 is 22.4 Å². The van der Waals surface area contributed by atoms with Crippen LogP contribution in [0.3, 0.4) is 0 Å². The lowest BCUT2D eigenvalue weighted by atomic mass is 9.80. The second-order valence-corrected chi connectivity index (χ2v) is 7.71. The van der Waals surface area contributed by atoms with Gasteiger partial charge in [-0.1, -0.05) is 19.3 Å². The predicted molar refractivity (Wildman–Crippen MR) is 86.8 cm³/mol. The fourth-order valence-electron chi connectivity index (χ4n) is 3.48. The van der Waals surface area contributed by atoms with E-state index in [0.29, 0.717) is 12.8 Å². The van der Waals surface area contributed by atoms with Gasteiger partial charge < -0.3 is 10.6 Å². The van der Waals surface area contributed by atoms with E-state index >= 15 is 0 Å². The number of carbonyl (C=O) groups is 1. The Morgan fingerprint density at radius 1 is 1.24 bits per heavy atom. The normalized spacial score (nSPS) is 24.2. The summed E-state index contributed by atoms with van der Waals surface area (Å²) in [4.78, 5) is 16.1. The predicted octanol–water partition coefficient (Wildman–Crippen LogP) is 4.00. The molecule has 0 bridgehead atoms. The Morgan fingerprint density at radius 2 is 1.92 bits per heavy atom. The summed E-state index contributed by atoms with van der Waals surface area (Å²) in [6.45, 7) is 0. The summed E-state index contributed by atoms with van der Waals surface area (Å²) in [5.41, 5.74) is -0.850. The van der Waals surface area contributed by atoms with Gasteiger partial charge in [0, 0.05) is 16.8 Å². The largest absolute Gasteiger partial charge is 0.434 e. The number of alkyl halides is 3. The summed E-state index contributed by atoms with van der Waals surface area (Å²) in [5, 5.41) is 13.6. The number of amides is 1. The molecule has 2 aliphatic rings. The third-order valence-electron chi connectivity index (χ3n) is 4.91. The Balaban J connectivity index is 1.71. The Morgan fingerprint density at radius 3 is 2.52 bits per heavy atom. The fraction of sp³-hybridized carbons (Fsp3) is 0.688. The van der Waals surface area contributed by atoms with Crippen molar-refractivity contribution in [2.75, 3.05) is 5.32 Å². The van der Waals surface area contributed by atoms with E-state index in [2.05, 4.69) is 15.6 Å². The number of thiazole rings is 1. The van der Waals surface area contributed by atoms with Crippen molar-refractivity contribution in [1.82, 2.24) is 10.3 Å². The minimum absolute atomic E-state index is 0.0228. The zero-order chi connectivity index (χ0) is 18.0. The van der Waals surface area contributed by atoms with E-state index in [1.807, 2.05) is 6.19 Å². The number of anilines is 1. The van der Waals surface area contributed by atoms with Gasteiger partial charge in [0.2, 0.25) is 5.91 Å². The minimum Gasteiger partial charge on any atom is -0.321 e. The standard InChI is InChI=1S/C16H19F3N4OS/c17-16(18,19)13-12(9-4-2-1-3-5-9)25-15(22-13)23-14(24)10-6-11(7-10)21-8-20/h9-11,21H,1-7H2,(H,22,23,24)/t10-,11-. The molecule has 25 heavy (non-hydrogen) atoms. The molecule has 2 saturated carbocycles. The van der Waals surface area contributed by atoms with Crippen LogP contribution in [0, 0.1) is 17.4 Å². The van der Waals surface area contributed by atoms with Gasteiger partial charge in [0.1, 0.15) is 0 Å². The number of hydrogen-bond acceptors (Lipinski definition) is 5. The van der Waals surface area contributed by atoms with Crippen molar-refractivity contribution in [3.05, 3.63) is 10.6 Å². The number of nitrogens with one attached hydrogen (secondary N) is 2. The highest BCUT2D eigenvalue weighted by atomic mass is 32.1. The molecular formula is C16H19F3N4OS. The molecular weight excluding hydrogens is 353 g/mol. The number of aromatic nitrogens is 1. The van der Waals surface area contributed by atoms with Crippen LogP contribution in [0.15, 0.2) is 0 Å². The first-order valence-electron chi connectivity index (χ1n) is 8.42. The van der Waals surface area contributed by atoms with E-state index in [1.54, 1.807) is 0 Å². The summed E-state index contributed by atoms with van der Waals surface area (Å²) in [6.07, 6.45) is 2.72. The van der Waals surface area contributed by atoms with Crippen LogP contribution in [0.4, 0.5) is 18.3 Å². The molecule has 0 atom stereocenters. The Hall–Kier alpha value is -1.82. The van der Waals surface area contributed by atoms with Crippen LogP contribution in [-0.2, 0) is 11.0 Å². The van der Waals surface area contributed by atoms with Crippen LogP contribution in [0.25, 0.3) is 0 Å². The van der Waals surface area contributed by atoms with Crippen molar-refractivity contribution in [1.29, 1.82) is 5.26 Å². The van der Waals surface area contributed by atoms with E-state index in [4.69, 9.17) is 5.26 Å². The number of nitrogens with zero attached hydrogens (tertiary/aromatic N) is 2. The molecule has 0 aliphatic heterocycles. The quantitative estimate of drug-likeness (QED) is 0.619. The van der Waals surface area contributed by atoms with Crippen LogP contribution < -0.4 is 10.6 Å². The number of carbonyl (C=O) groups excluding carboxylic acids is 1. The van der Waals surface area contributed by atoms with Gasteiger partial charge in [-0.25, -0.2) is 4.98 Å². The van der Waals surface area contributed by atoms with Crippen molar-refractivity contribution in [3.8, 4) is 6.19 Å². The molecule has 1 heterocycles. The average Bonchev–Trinajstić information content (AvgIpc) is 2.95. The van der Waals surface area contributed by atoms with Crippen molar-refractivity contribution in [2.45, 2.75) is 63.1 Å². The first kappa shape index (κ1) is 18.0. The molecule has 2 N–H and O–H groups in total. The van der Waals surface area contributed by atoms with Gasteiger partial charge in [-0.15, -0.1) is 11.3 Å². The second kappa shape index (κ2) is 7.20. The molecule has 1 amide bonds. The van der Waals surface area contributed by atoms with Crippen LogP contribution in [0.2, 0.25) is 0 Å². The number of halogens is 3. The average molecular weight is 372 g/mol. The lowest BCUT2D eigenvalue weighted by Gasteiger charge is -2.32. The molecule has 136 valence electrons. The molecule has 0 radical (unpaired) electrons. The lowest BCUT2D eigenvalue weighted by Crippen LogP contribution is -2.44. The molecule has 9 heteroatoms. The SMILES string of the molecule is N#CN[C@H]1C[C@H](C(=O)Nc2nc(C(F)(F)F)c(C3CCCCC3)s2)C1. The van der Waals surface area contributed by atoms with E-state index in [0.717, 1.165) is 43.4 Å². The number of nitriles is 1. The maximum atomic E-state index is 13.3. The summed E-state index contributed by atoms with van der Waals surface area (Å²) in [6, 6.07) is -0.0272. The maximum absolute atomic E-state index is 13.3. The Bertz CT molecular complexity index is 670. The summed E-state index contributed by atoms with van der Waals surface area (Å²) in [7, 11) is 0. The van der Waals surface area contributed by atoms with Crippen LogP contribution in [0.5, 0.6) is 0 Å². The lowest BCUT2D eigenvalue weighted by molar-refractivity contribution is -0.141. The van der Waals surface area contributed by atoms with Crippen LogP contribution in [-0.4, -0.2) is 16.9 Å². The minimum atomic E-state index is -4.51. The first-order chi connectivity index (χ1) is 11.9. The molecule has 1 aromatic rings. The molecule has 2 fully saturated rings. The van der Waals surface area contributed by atoms with Crippen LogP contribution >= 0.6 is 11.3 Å². The molecule has 2 aliphatic carbocycles. The topological polar surface area (TPSA) is 77.8 Å². The molecule has 0 unspecified atom stereocenters. The Labute approximate surface area is 147 Å². The number of hydrogen-bond donors (Lipinski definition) is 2. The Kier molecular flexibility index (Phi) is 5.18. The summed E-state index contributed by atoms with van der Waals surface area (Å²) < 4.78 is 40.0. The van der Waals surface area contributed by atoms with E-state index in [1.165, 1.54) is 0 Å². The van der Waals surface area contributed by atoms with Crippen LogP contribution in [0.1, 0.15) is 61.4 Å². The monoisotopic (exact) mass is 372 g/mol. The van der Waals surface area contributed by atoms with Gasteiger partial charge >= 0.3 is 6.18 Å². The van der Waals surface area contributed by atoms with Gasteiger partial charge in [-0.2, -0.15) is 18.4 Å². The zero-order valence-corrected chi connectivity index (χ0v) is 14.3.